The van der Waals surface area contributed by atoms with E-state index in [4.69, 9.17) is 21.4 Å². The number of rotatable bonds is 3. The monoisotopic (exact) mass is 281 g/mol. The predicted molar refractivity (Wildman–Crippen MR) is 69.0 cm³/mol. The number of nitrogens with zero attached hydrogens (tertiary/aromatic N) is 3. The van der Waals surface area contributed by atoms with Gasteiger partial charge in [-0.3, -0.25) is 4.68 Å². The second-order valence-corrected chi connectivity index (χ2v) is 4.44. The minimum Gasteiger partial charge on any atom is -0.478 e. The topological polar surface area (TPSA) is 77.2 Å². The third-order valence-electron chi connectivity index (χ3n) is 2.71. The van der Waals surface area contributed by atoms with Crippen LogP contribution in [0.5, 0.6) is 11.6 Å². The molecular weight excluding hydrogens is 270 g/mol. The van der Waals surface area contributed by atoms with Gasteiger partial charge in [-0.05, 0) is 13.8 Å². The van der Waals surface area contributed by atoms with E-state index >= 15 is 0 Å². The summed E-state index contributed by atoms with van der Waals surface area (Å²) in [6, 6.07) is 1.29. The Morgan fingerprint density at radius 3 is 2.68 bits per heavy atom. The van der Waals surface area contributed by atoms with E-state index in [1.165, 1.54) is 12.3 Å². The molecule has 2 rings (SSSR count). The summed E-state index contributed by atoms with van der Waals surface area (Å²) in [5.74, 6) is -0.397. The van der Waals surface area contributed by atoms with Crippen LogP contribution >= 0.6 is 11.6 Å². The lowest BCUT2D eigenvalue weighted by Gasteiger charge is -2.06. The first kappa shape index (κ1) is 13.4. The maximum Gasteiger partial charge on any atom is 0.337 e. The largest absolute Gasteiger partial charge is 0.478 e. The Balaban J connectivity index is 2.39. The van der Waals surface area contributed by atoms with Crippen molar-refractivity contribution in [2.45, 2.75) is 13.8 Å². The molecule has 0 amide bonds. The quantitative estimate of drug-likeness (QED) is 0.935. The number of aromatic carboxylic acids is 1. The van der Waals surface area contributed by atoms with Crippen LogP contribution in [0, 0.1) is 13.8 Å². The van der Waals surface area contributed by atoms with E-state index in [0.717, 1.165) is 5.69 Å². The lowest BCUT2D eigenvalue weighted by Crippen LogP contribution is -2.00. The molecule has 0 bridgehead atoms. The number of hydrogen-bond donors (Lipinski definition) is 1. The molecule has 0 unspecified atom stereocenters. The summed E-state index contributed by atoms with van der Waals surface area (Å²) in [7, 11) is 1.80. The van der Waals surface area contributed by atoms with E-state index < -0.39 is 5.97 Å². The van der Waals surface area contributed by atoms with Gasteiger partial charge in [-0.1, -0.05) is 11.6 Å². The number of aromatic nitrogens is 3. The van der Waals surface area contributed by atoms with Gasteiger partial charge in [0.1, 0.15) is 5.69 Å². The standard InChI is InChI=1S/C12H12ClN3O3/c1-6-11(7(2)16(3)15-6)19-10-4-8(12(17)18)9(13)5-14-10/h4-5H,1-3H3,(H,17,18). The Morgan fingerprint density at radius 1 is 1.47 bits per heavy atom. The predicted octanol–water partition coefficient (Wildman–Crippen LogP) is 2.58. The summed E-state index contributed by atoms with van der Waals surface area (Å²) in [6.07, 6.45) is 1.25. The maximum absolute atomic E-state index is 11.0. The van der Waals surface area contributed by atoms with Crippen LogP contribution in [0.15, 0.2) is 12.3 Å². The molecule has 0 saturated heterocycles. The Kier molecular flexibility index (Phi) is 3.44. The van der Waals surface area contributed by atoms with Gasteiger partial charge in [-0.2, -0.15) is 5.10 Å². The van der Waals surface area contributed by atoms with Crippen LogP contribution in [0.1, 0.15) is 21.7 Å². The Morgan fingerprint density at radius 2 is 2.16 bits per heavy atom. The molecule has 100 valence electrons. The lowest BCUT2D eigenvalue weighted by molar-refractivity contribution is 0.0696. The first-order chi connectivity index (χ1) is 8.90. The summed E-state index contributed by atoms with van der Waals surface area (Å²) < 4.78 is 7.27. The molecule has 2 heterocycles. The van der Waals surface area contributed by atoms with Crippen molar-refractivity contribution in [2.24, 2.45) is 7.05 Å². The van der Waals surface area contributed by atoms with Crippen LogP contribution in [-0.4, -0.2) is 25.8 Å². The molecule has 0 aliphatic rings. The molecular formula is C12H12ClN3O3. The van der Waals surface area contributed by atoms with Crippen LogP contribution in [0.4, 0.5) is 0 Å². The second kappa shape index (κ2) is 4.89. The summed E-state index contributed by atoms with van der Waals surface area (Å²) in [5, 5.41) is 13.3. The molecule has 7 heteroatoms. The molecule has 0 fully saturated rings. The molecule has 1 N–H and O–H groups in total. The van der Waals surface area contributed by atoms with Gasteiger partial charge in [0, 0.05) is 13.1 Å². The van der Waals surface area contributed by atoms with E-state index in [2.05, 4.69) is 10.1 Å². The van der Waals surface area contributed by atoms with Gasteiger partial charge in [0.15, 0.2) is 5.75 Å². The van der Waals surface area contributed by atoms with Crippen molar-refractivity contribution in [3.8, 4) is 11.6 Å². The number of carboxylic acid groups (broad SMARTS) is 1. The van der Waals surface area contributed by atoms with Crippen molar-refractivity contribution in [1.29, 1.82) is 0 Å². The van der Waals surface area contributed by atoms with Crippen molar-refractivity contribution >= 4 is 17.6 Å². The highest BCUT2D eigenvalue weighted by molar-refractivity contribution is 6.33. The number of pyridine rings is 1. The fraction of sp³-hybridized carbons (Fsp3) is 0.250. The van der Waals surface area contributed by atoms with Crippen LogP contribution < -0.4 is 4.74 Å². The molecule has 0 spiro atoms. The molecule has 0 saturated carbocycles. The third kappa shape index (κ3) is 2.53. The Labute approximate surface area is 114 Å². The molecule has 6 nitrogen and oxygen atoms in total. The summed E-state index contributed by atoms with van der Waals surface area (Å²) in [4.78, 5) is 14.9. The maximum atomic E-state index is 11.0. The second-order valence-electron chi connectivity index (χ2n) is 4.03. The van der Waals surface area contributed by atoms with E-state index in [-0.39, 0.29) is 16.5 Å². The smallest absolute Gasteiger partial charge is 0.337 e. The number of halogens is 1. The first-order valence-corrected chi connectivity index (χ1v) is 5.85. The van der Waals surface area contributed by atoms with Crippen molar-refractivity contribution in [2.75, 3.05) is 0 Å². The number of aryl methyl sites for hydroxylation is 2. The lowest BCUT2D eigenvalue weighted by atomic mass is 10.2. The van der Waals surface area contributed by atoms with Gasteiger partial charge >= 0.3 is 5.97 Å². The Bertz CT molecular complexity index is 652. The highest BCUT2D eigenvalue weighted by atomic mass is 35.5. The van der Waals surface area contributed by atoms with E-state index in [9.17, 15) is 4.79 Å². The van der Waals surface area contributed by atoms with Crippen LogP contribution in [0.2, 0.25) is 5.02 Å². The minimum atomic E-state index is -1.13. The zero-order valence-electron chi connectivity index (χ0n) is 10.6. The fourth-order valence-electron chi connectivity index (χ4n) is 1.65. The van der Waals surface area contributed by atoms with Gasteiger partial charge in [-0.25, -0.2) is 9.78 Å². The number of carbonyl (C=O) groups is 1. The average molecular weight is 282 g/mol. The fourth-order valence-corrected chi connectivity index (χ4v) is 1.83. The summed E-state index contributed by atoms with van der Waals surface area (Å²) >= 11 is 5.75. The van der Waals surface area contributed by atoms with Crippen molar-refractivity contribution in [1.82, 2.24) is 14.8 Å². The van der Waals surface area contributed by atoms with Gasteiger partial charge < -0.3 is 9.84 Å². The molecule has 0 aliphatic carbocycles. The van der Waals surface area contributed by atoms with Crippen molar-refractivity contribution < 1.29 is 14.6 Å². The van der Waals surface area contributed by atoms with Crippen molar-refractivity contribution in [3.05, 3.63) is 34.2 Å². The molecule has 0 radical (unpaired) electrons. The summed E-state index contributed by atoms with van der Waals surface area (Å²) in [5.41, 5.74) is 1.48. The third-order valence-corrected chi connectivity index (χ3v) is 3.01. The molecule has 0 aliphatic heterocycles. The number of ether oxygens (including phenoxy) is 1. The average Bonchev–Trinajstić information content (AvgIpc) is 2.58. The molecule has 0 atom stereocenters. The Hall–Kier alpha value is -2.08. The zero-order chi connectivity index (χ0) is 14.2. The van der Waals surface area contributed by atoms with Gasteiger partial charge in [0.25, 0.3) is 0 Å². The molecule has 2 aromatic rings. The zero-order valence-corrected chi connectivity index (χ0v) is 11.4. The normalized spacial score (nSPS) is 10.5. The summed E-state index contributed by atoms with van der Waals surface area (Å²) in [6.45, 7) is 3.65. The first-order valence-electron chi connectivity index (χ1n) is 5.47. The van der Waals surface area contributed by atoms with Crippen LogP contribution in [-0.2, 0) is 7.05 Å². The van der Waals surface area contributed by atoms with E-state index in [1.54, 1.807) is 18.7 Å². The number of hydrogen-bond acceptors (Lipinski definition) is 4. The highest BCUT2D eigenvalue weighted by Crippen LogP contribution is 2.28. The van der Waals surface area contributed by atoms with Crippen LogP contribution in [0.3, 0.4) is 0 Å². The molecule has 19 heavy (non-hydrogen) atoms. The van der Waals surface area contributed by atoms with Crippen LogP contribution in [0.25, 0.3) is 0 Å². The number of carboxylic acids is 1. The van der Waals surface area contributed by atoms with Crippen molar-refractivity contribution in [3.63, 3.8) is 0 Å². The molecule has 0 aromatic carbocycles. The highest BCUT2D eigenvalue weighted by Gasteiger charge is 2.15. The van der Waals surface area contributed by atoms with Gasteiger partial charge in [0.2, 0.25) is 5.88 Å². The van der Waals surface area contributed by atoms with Gasteiger partial charge in [-0.15, -0.1) is 0 Å². The SMILES string of the molecule is Cc1nn(C)c(C)c1Oc1cc(C(=O)O)c(Cl)cn1. The van der Waals surface area contributed by atoms with E-state index in [0.29, 0.717) is 11.4 Å². The minimum absolute atomic E-state index is 0.0501. The van der Waals surface area contributed by atoms with Gasteiger partial charge in [0.05, 0.1) is 22.5 Å². The van der Waals surface area contributed by atoms with E-state index in [1.807, 2.05) is 6.92 Å². The molecule has 2 aromatic heterocycles.